The molecule has 0 aliphatic rings. The lowest BCUT2D eigenvalue weighted by Gasteiger charge is -2.19. The van der Waals surface area contributed by atoms with Crippen molar-refractivity contribution < 1.29 is 9.63 Å². The van der Waals surface area contributed by atoms with Gasteiger partial charge in [-0.25, -0.2) is 5.06 Å². The first-order chi connectivity index (χ1) is 23.8. The predicted octanol–water partition coefficient (Wildman–Crippen LogP) is 11.0. The van der Waals surface area contributed by atoms with Crippen LogP contribution in [0.2, 0.25) is 0 Å². The molecule has 264 valence electrons. The fourth-order valence-corrected chi connectivity index (χ4v) is 5.88. The zero-order valence-electron chi connectivity index (χ0n) is 30.4. The molecular weight excluding hydrogens is 590 g/mol. The molecule has 5 heteroatoms. The molecule has 0 spiro atoms. The molecule has 0 radical (unpaired) electrons. The zero-order chi connectivity index (χ0) is 34.0. The number of carbonyl (C=O) groups is 1. The van der Waals surface area contributed by atoms with Crippen LogP contribution in [-0.4, -0.2) is 34.6 Å². The summed E-state index contributed by atoms with van der Waals surface area (Å²) >= 11 is 0. The minimum Gasteiger partial charge on any atom is -0.274 e. The predicted molar refractivity (Wildman–Crippen MR) is 201 cm³/mol. The van der Waals surface area contributed by atoms with Crippen molar-refractivity contribution in [3.63, 3.8) is 0 Å². The van der Waals surface area contributed by atoms with Crippen LogP contribution in [0.3, 0.4) is 0 Å². The summed E-state index contributed by atoms with van der Waals surface area (Å²) in [6.45, 7) is 0.682. The second kappa shape index (κ2) is 31.1. The summed E-state index contributed by atoms with van der Waals surface area (Å²) in [5.41, 5.74) is 2.70. The molecule has 2 aromatic rings. The third-order valence-electron chi connectivity index (χ3n) is 8.83. The Morgan fingerprint density at radius 1 is 0.562 bits per heavy atom. The van der Waals surface area contributed by atoms with Crippen LogP contribution in [0.5, 0.6) is 0 Å². The van der Waals surface area contributed by atoms with Gasteiger partial charge in [0.2, 0.25) is 5.91 Å². The lowest BCUT2D eigenvalue weighted by molar-refractivity contribution is -0.176. The molecule has 0 saturated heterocycles. The van der Waals surface area contributed by atoms with Gasteiger partial charge in [-0.15, -0.1) is 23.7 Å². The number of carbonyl (C=O) groups excluding carboxylic acids is 1. The second-order valence-corrected chi connectivity index (χ2v) is 13.1. The Hall–Kier alpha value is -3.15. The van der Waals surface area contributed by atoms with Crippen LogP contribution in [0, 0.1) is 23.7 Å². The van der Waals surface area contributed by atoms with Gasteiger partial charge in [0.1, 0.15) is 0 Å². The van der Waals surface area contributed by atoms with Crippen molar-refractivity contribution in [1.82, 2.24) is 15.0 Å². The van der Waals surface area contributed by atoms with Crippen LogP contribution in [0.15, 0.2) is 49.1 Å². The van der Waals surface area contributed by atoms with Crippen LogP contribution in [-0.2, 0) is 22.5 Å². The van der Waals surface area contributed by atoms with Crippen molar-refractivity contribution in [3.8, 4) is 23.7 Å². The molecular formula is C43H65N3O2. The molecule has 0 N–H and O–H groups in total. The Kier molecular flexibility index (Phi) is 26.6. The summed E-state index contributed by atoms with van der Waals surface area (Å²) < 4.78 is 0. The van der Waals surface area contributed by atoms with Crippen LogP contribution < -0.4 is 0 Å². The highest BCUT2D eigenvalue weighted by molar-refractivity contribution is 5.74. The van der Waals surface area contributed by atoms with Crippen molar-refractivity contribution in [1.29, 1.82) is 0 Å². The summed E-state index contributed by atoms with van der Waals surface area (Å²) in [5.74, 6) is 13.5. The highest BCUT2D eigenvalue weighted by atomic mass is 16.7. The van der Waals surface area contributed by atoms with E-state index in [1.807, 2.05) is 36.9 Å². The summed E-state index contributed by atoms with van der Waals surface area (Å²) in [6, 6.07) is 8.38. The fourth-order valence-electron chi connectivity index (χ4n) is 5.88. The number of hydrogen-bond donors (Lipinski definition) is 0. The van der Waals surface area contributed by atoms with Gasteiger partial charge in [0.05, 0.1) is 7.11 Å². The number of nitrogens with zero attached hydrogens (tertiary/aromatic N) is 3. The van der Waals surface area contributed by atoms with Gasteiger partial charge in [-0.2, -0.15) is 0 Å². The average Bonchev–Trinajstić information content (AvgIpc) is 3.12. The van der Waals surface area contributed by atoms with Crippen molar-refractivity contribution in [2.45, 2.75) is 167 Å². The van der Waals surface area contributed by atoms with E-state index in [4.69, 9.17) is 4.84 Å². The van der Waals surface area contributed by atoms with Gasteiger partial charge in [0.25, 0.3) is 0 Å². The van der Waals surface area contributed by atoms with Gasteiger partial charge >= 0.3 is 0 Å². The van der Waals surface area contributed by atoms with E-state index in [1.54, 1.807) is 12.2 Å². The van der Waals surface area contributed by atoms with Crippen molar-refractivity contribution in [2.24, 2.45) is 0 Å². The van der Waals surface area contributed by atoms with E-state index < -0.39 is 0 Å². The maximum atomic E-state index is 12.5. The first-order valence-corrected chi connectivity index (χ1v) is 19.3. The van der Waals surface area contributed by atoms with Crippen LogP contribution >= 0.6 is 0 Å². The summed E-state index contributed by atoms with van der Waals surface area (Å²) in [5, 5.41) is 1.56. The summed E-state index contributed by atoms with van der Waals surface area (Å²) in [7, 11) is 1.61. The molecule has 0 bridgehead atoms. The molecule has 0 unspecified atom stereocenters. The second-order valence-electron chi connectivity index (χ2n) is 13.1. The highest BCUT2D eigenvalue weighted by Crippen LogP contribution is 2.12. The molecule has 1 amide bonds. The molecule has 0 aromatic carbocycles. The van der Waals surface area contributed by atoms with Crippen molar-refractivity contribution >= 4 is 5.91 Å². The van der Waals surface area contributed by atoms with E-state index in [1.165, 1.54) is 88.2 Å². The first kappa shape index (κ1) is 41.0. The van der Waals surface area contributed by atoms with Gasteiger partial charge in [0, 0.05) is 63.4 Å². The molecule has 0 aliphatic carbocycles. The molecule has 0 atom stereocenters. The van der Waals surface area contributed by atoms with E-state index in [2.05, 4.69) is 45.8 Å². The SMILES string of the molecule is CON(CCCCCCC#CCCCCCCCCc1cccnc1)C(=O)CCCCCC#CCCCCCCCCc1cccnc1. The molecule has 2 aromatic heterocycles. The van der Waals surface area contributed by atoms with Crippen molar-refractivity contribution in [2.75, 3.05) is 13.7 Å². The van der Waals surface area contributed by atoms with Crippen molar-refractivity contribution in [3.05, 3.63) is 60.2 Å². The minimum absolute atomic E-state index is 0.108. The van der Waals surface area contributed by atoms with E-state index in [9.17, 15) is 4.79 Å². The topological polar surface area (TPSA) is 55.3 Å². The van der Waals surface area contributed by atoms with Crippen LogP contribution in [0.25, 0.3) is 0 Å². The van der Waals surface area contributed by atoms with Gasteiger partial charge < -0.3 is 0 Å². The van der Waals surface area contributed by atoms with E-state index >= 15 is 0 Å². The normalized spacial score (nSPS) is 10.6. The Morgan fingerprint density at radius 2 is 0.958 bits per heavy atom. The smallest absolute Gasteiger partial charge is 0.246 e. The number of aromatic nitrogens is 2. The molecule has 2 rings (SSSR count). The number of hydrogen-bond acceptors (Lipinski definition) is 4. The van der Waals surface area contributed by atoms with Gasteiger partial charge in [-0.3, -0.25) is 19.6 Å². The molecule has 5 nitrogen and oxygen atoms in total. The molecule has 2 heterocycles. The van der Waals surface area contributed by atoms with Crippen LogP contribution in [0.1, 0.15) is 165 Å². The Balaban J connectivity index is 1.30. The number of unbranched alkanes of at least 4 members (excludes halogenated alkanes) is 19. The number of rotatable bonds is 28. The maximum Gasteiger partial charge on any atom is 0.246 e. The van der Waals surface area contributed by atoms with Gasteiger partial charge in [0.15, 0.2) is 0 Å². The molecule has 48 heavy (non-hydrogen) atoms. The van der Waals surface area contributed by atoms with E-state index in [0.717, 1.165) is 83.5 Å². The minimum atomic E-state index is 0.108. The Morgan fingerprint density at radius 3 is 1.38 bits per heavy atom. The molecule has 0 saturated carbocycles. The zero-order valence-corrected chi connectivity index (χ0v) is 30.4. The number of aryl methyl sites for hydroxylation is 2. The van der Waals surface area contributed by atoms with E-state index in [0.29, 0.717) is 13.0 Å². The monoisotopic (exact) mass is 656 g/mol. The quantitative estimate of drug-likeness (QED) is 0.0520. The maximum absolute atomic E-state index is 12.5. The average molecular weight is 656 g/mol. The first-order valence-electron chi connectivity index (χ1n) is 19.3. The summed E-state index contributed by atoms with van der Waals surface area (Å²) in [6.07, 6.45) is 37.3. The number of hydroxylamine groups is 2. The molecule has 0 fully saturated rings. The third kappa shape index (κ3) is 24.1. The van der Waals surface area contributed by atoms with Gasteiger partial charge in [-0.1, -0.05) is 82.8 Å². The standard InChI is InChI=1S/C43H65N3O2/c1-48-46(38-28-24-20-16-12-8-3-2-5-9-13-17-21-25-31-41-33-29-36-44-39-41)43(47)35-27-23-19-15-11-7-4-6-10-14-18-22-26-32-42-34-30-37-45-40-42/h29-30,33-34,36-37,39-40H,2,4-6,9-10,12-28,31-32,35,38H2,1H3. The highest BCUT2D eigenvalue weighted by Gasteiger charge is 2.12. The lowest BCUT2D eigenvalue weighted by atomic mass is 10.1. The van der Waals surface area contributed by atoms with E-state index in [-0.39, 0.29) is 5.91 Å². The Labute approximate surface area is 294 Å². The lowest BCUT2D eigenvalue weighted by Crippen LogP contribution is -2.30. The Bertz CT molecular complexity index is 1150. The fraction of sp³-hybridized carbons (Fsp3) is 0.651. The van der Waals surface area contributed by atoms with Gasteiger partial charge in [-0.05, 0) is 87.5 Å². The largest absolute Gasteiger partial charge is 0.274 e. The number of pyridine rings is 2. The third-order valence-corrected chi connectivity index (χ3v) is 8.83. The molecule has 0 aliphatic heterocycles. The number of amides is 1. The summed E-state index contributed by atoms with van der Waals surface area (Å²) in [4.78, 5) is 26.3. The van der Waals surface area contributed by atoms with Crippen LogP contribution in [0.4, 0.5) is 0 Å².